The second-order valence-electron chi connectivity index (χ2n) is 42.3. The molecule has 7 fully saturated rings. The Morgan fingerprint density at radius 2 is 0.467 bits per heavy atom. The molecule has 0 radical (unpaired) electrons. The van der Waals surface area contributed by atoms with Gasteiger partial charge in [0.25, 0.3) is 0 Å². The number of Topliss-reactive ketones (excluding diaryl/α,β-unsaturated/α-hetero) is 1. The lowest BCUT2D eigenvalue weighted by Crippen LogP contribution is -2.60. The van der Waals surface area contributed by atoms with Gasteiger partial charge in [-0.2, -0.15) is 35.4 Å². The fourth-order valence-electron chi connectivity index (χ4n) is 20.1. The minimum Gasteiger partial charge on any atom is -0.462 e. The van der Waals surface area contributed by atoms with Gasteiger partial charge in [0, 0.05) is 149 Å². The summed E-state index contributed by atoms with van der Waals surface area (Å²) in [7, 11) is 0. The molecule has 0 atom stereocenters. The number of hydrogen-bond acceptors (Lipinski definition) is 23. The molecule has 0 aromatic carbocycles. The summed E-state index contributed by atoms with van der Waals surface area (Å²) in [5, 5.41) is 82.3. The number of ketones is 1. The lowest BCUT2D eigenvalue weighted by Gasteiger charge is -2.51. The topological polar surface area (TPSA) is 279 Å². The molecule has 7 aliphatic heterocycles. The Bertz CT molecular complexity index is 2510. The van der Waals surface area contributed by atoms with Gasteiger partial charge in [-0.05, 0) is 283 Å². The molecule has 23 heteroatoms. The highest BCUT2D eigenvalue weighted by Gasteiger charge is 2.52. The van der Waals surface area contributed by atoms with Gasteiger partial charge in [0.1, 0.15) is 24.1 Å². The largest absolute Gasteiger partial charge is 0.462 e. The van der Waals surface area contributed by atoms with E-state index in [1.54, 1.807) is 0 Å². The molecule has 0 spiro atoms. The number of hydrogen-bond donors (Lipinski definition) is 7. The average Bonchev–Trinajstić information content (AvgIpc) is 0.840. The van der Waals surface area contributed by atoms with Crippen LogP contribution in [0.25, 0.3) is 0 Å². The van der Waals surface area contributed by atoms with E-state index in [2.05, 4.69) is 90.0 Å². The van der Waals surface area contributed by atoms with Gasteiger partial charge in [-0.25, -0.2) is 0 Å². The second-order valence-corrected chi connectivity index (χ2v) is 42.3. The maximum Gasteiger partial charge on any atom is 0.306 e. The summed E-state index contributed by atoms with van der Waals surface area (Å²) in [4.78, 5) is 49.5. The first-order valence-electron chi connectivity index (χ1n) is 40.6. The van der Waals surface area contributed by atoms with E-state index in [9.17, 15) is 55.6 Å². The third kappa shape index (κ3) is 28.7. The lowest BCUT2D eigenvalue weighted by molar-refractivity contribution is -0.262. The van der Waals surface area contributed by atoms with Gasteiger partial charge in [0.2, 0.25) is 0 Å². The van der Waals surface area contributed by atoms with Gasteiger partial charge in [0.05, 0.1) is 25.0 Å². The molecule has 107 heavy (non-hydrogen) atoms. The number of esters is 3. The van der Waals surface area contributed by atoms with Crippen LogP contribution in [-0.2, 0) is 42.9 Å². The van der Waals surface area contributed by atoms with Crippen molar-refractivity contribution in [2.24, 2.45) is 11.8 Å². The van der Waals surface area contributed by atoms with Crippen molar-refractivity contribution >= 4 is 23.7 Å². The molecular formula is C84H163N7O16. The zero-order chi connectivity index (χ0) is 81.4. The molecule has 0 bridgehead atoms. The van der Waals surface area contributed by atoms with Crippen LogP contribution in [-0.4, -0.2) is 217 Å². The third-order valence-electron chi connectivity index (χ3n) is 23.8. The highest BCUT2D eigenvalue weighted by atomic mass is 16.6. The number of piperidine rings is 7. The molecule has 7 saturated heterocycles. The van der Waals surface area contributed by atoms with Crippen molar-refractivity contribution in [1.29, 1.82) is 0 Å². The van der Waals surface area contributed by atoms with E-state index in [1.165, 1.54) is 35.4 Å². The predicted molar refractivity (Wildman–Crippen MR) is 421 cm³/mol. The predicted octanol–water partition coefficient (Wildman–Crippen LogP) is 18.3. The van der Waals surface area contributed by atoms with Crippen LogP contribution in [0.3, 0.4) is 0 Å². The molecule has 0 unspecified atom stereocenters. The molecule has 7 N–H and O–H groups in total. The number of ether oxygens (including phenoxy) is 5. The number of carbonyl (C=O) groups excluding carboxylic acids is 4. The van der Waals surface area contributed by atoms with Crippen LogP contribution in [0.1, 0.15) is 382 Å². The standard InChI is InChI=1S/C29H54N2O5.C22H40N2O6.C22H44N2O4.C10H21NO.CH4/c1-26(2)18-22(19-27(3,4)30(26)34)17-23(32)15-13-11-9-10-12-14-16-25(33)36-24-20-28(5,6)31(35)29(7,8)21-24;1-19(2)11-15(12-20(3,4)23(19)27)29-17(25)9-10-18(26)30-16-13-21(5,6)24(28)22(7,8)14-16;1-19(2)13-17(14-20(3,4)23(19)25)27-11-9-10-12-28-18-15-21(5,6)24(26)22(7,8)16-18;1-8-6-9(2,3)11(12)10(4,5)7-8;/h22,24,34-35H,9-21H2,1-8H3;15-16,27-28H,9-14H2,1-8H3;17-18,25-26H,9-16H2,1-8H3;8,12H,6-7H2,1-5H3;1H4. The minimum absolute atomic E-state index is 0. The van der Waals surface area contributed by atoms with Crippen LogP contribution >= 0.6 is 0 Å². The van der Waals surface area contributed by atoms with Crippen molar-refractivity contribution in [3.8, 4) is 0 Å². The van der Waals surface area contributed by atoms with Crippen molar-refractivity contribution in [1.82, 2.24) is 35.4 Å². The smallest absolute Gasteiger partial charge is 0.306 e. The Balaban J connectivity index is 0.000000386. The fourth-order valence-corrected chi connectivity index (χ4v) is 20.1. The summed E-state index contributed by atoms with van der Waals surface area (Å²) >= 11 is 0. The van der Waals surface area contributed by atoms with Crippen LogP contribution in [0.5, 0.6) is 0 Å². The highest BCUT2D eigenvalue weighted by Crippen LogP contribution is 2.46. The van der Waals surface area contributed by atoms with Crippen LogP contribution in [0.2, 0.25) is 0 Å². The van der Waals surface area contributed by atoms with Gasteiger partial charge in [-0.15, -0.1) is 0 Å². The summed E-state index contributed by atoms with van der Waals surface area (Å²) in [5.41, 5.74) is -4.67. The van der Waals surface area contributed by atoms with Gasteiger partial charge >= 0.3 is 17.9 Å². The summed E-state index contributed by atoms with van der Waals surface area (Å²) in [6.45, 7) is 60.0. The first kappa shape index (κ1) is 98.6. The number of rotatable bonds is 24. The first-order chi connectivity index (χ1) is 47.9. The lowest BCUT2D eigenvalue weighted by atomic mass is 9.73. The van der Waals surface area contributed by atoms with Gasteiger partial charge in [0.15, 0.2) is 0 Å². The van der Waals surface area contributed by atoms with E-state index >= 15 is 0 Å². The Kier molecular flexibility index (Phi) is 34.9. The Hall–Kier alpha value is -2.56. The molecule has 23 nitrogen and oxygen atoms in total. The number of hydroxylamine groups is 14. The Morgan fingerprint density at radius 3 is 0.720 bits per heavy atom. The average molecular weight is 1530 g/mol. The molecule has 7 rings (SSSR count). The van der Waals surface area contributed by atoms with Crippen LogP contribution < -0.4 is 0 Å². The van der Waals surface area contributed by atoms with E-state index in [4.69, 9.17) is 23.7 Å². The number of carbonyl (C=O) groups is 4. The zero-order valence-electron chi connectivity index (χ0n) is 72.5. The number of nitrogens with zero attached hydrogens (tertiary/aromatic N) is 7. The van der Waals surface area contributed by atoms with E-state index in [0.717, 1.165) is 116 Å². The summed E-state index contributed by atoms with van der Waals surface area (Å²) in [5.74, 6) is 0.389. The molecule has 0 saturated carbocycles. The zero-order valence-corrected chi connectivity index (χ0v) is 72.5. The Labute approximate surface area is 650 Å². The van der Waals surface area contributed by atoms with Crippen LogP contribution in [0, 0.1) is 11.8 Å². The van der Waals surface area contributed by atoms with E-state index < -0.39 is 45.2 Å². The Morgan fingerprint density at radius 1 is 0.271 bits per heavy atom. The van der Waals surface area contributed by atoms with Gasteiger partial charge in [-0.3, -0.25) is 19.2 Å². The summed E-state index contributed by atoms with van der Waals surface area (Å²) < 4.78 is 29.2. The molecule has 630 valence electrons. The maximum atomic E-state index is 12.5. The fraction of sp³-hybridized carbons (Fsp3) is 0.952. The van der Waals surface area contributed by atoms with E-state index in [1.807, 2.05) is 111 Å². The van der Waals surface area contributed by atoms with Crippen LogP contribution in [0.15, 0.2) is 0 Å². The normalized spacial score (nSPS) is 26.7. The van der Waals surface area contributed by atoms with Gasteiger partial charge < -0.3 is 60.1 Å². The van der Waals surface area contributed by atoms with Crippen molar-refractivity contribution < 1.29 is 79.3 Å². The van der Waals surface area contributed by atoms with E-state index in [-0.39, 0.29) is 101 Å². The van der Waals surface area contributed by atoms with E-state index in [0.29, 0.717) is 75.4 Å². The second kappa shape index (κ2) is 37.8. The SMILES string of the molecule is C.CC1(C)CC(CC(=O)CCCCCCCCC(=O)OC2CC(C)(C)N(O)C(C)(C)C2)CC(C)(C)N1O.CC1(C)CC(OC(=O)CCC(=O)OC2CC(C)(C)N(O)C(C)(C)C2)CC(C)(C)N1O.CC1(C)CC(OCCCCOC2CC(C)(C)N(O)C(C)(C)C2)CC(C)(C)N1O.CC1CC(C)(C)N(O)C(C)(C)C1. The van der Waals surface area contributed by atoms with Crippen molar-refractivity contribution in [3.05, 3.63) is 0 Å². The summed E-state index contributed by atoms with van der Waals surface area (Å²) in [6, 6.07) is 0. The molecule has 0 aromatic rings. The maximum absolute atomic E-state index is 12.5. The molecule has 7 aliphatic rings. The molecule has 0 aliphatic carbocycles. The van der Waals surface area contributed by atoms with Crippen molar-refractivity contribution in [2.45, 2.75) is 490 Å². The molecule has 7 heterocycles. The van der Waals surface area contributed by atoms with Gasteiger partial charge in [-0.1, -0.05) is 40.0 Å². The third-order valence-corrected chi connectivity index (χ3v) is 23.8. The highest BCUT2D eigenvalue weighted by molar-refractivity contribution is 5.79. The number of unbranched alkanes of at least 4 members (excludes halogenated alkanes) is 6. The molecule has 0 amide bonds. The molecule has 0 aromatic heterocycles. The minimum atomic E-state index is -0.507. The van der Waals surface area contributed by atoms with Crippen LogP contribution in [0.4, 0.5) is 0 Å². The monoisotopic (exact) mass is 1530 g/mol. The van der Waals surface area contributed by atoms with Crippen molar-refractivity contribution in [3.63, 3.8) is 0 Å². The quantitative estimate of drug-likeness (QED) is 0.0269. The molecular weight excluding hydrogens is 1360 g/mol. The summed E-state index contributed by atoms with van der Waals surface area (Å²) in [6.07, 6.45) is 19.7. The van der Waals surface area contributed by atoms with Crippen molar-refractivity contribution in [2.75, 3.05) is 13.2 Å². The first-order valence-corrected chi connectivity index (χ1v) is 40.6.